The van der Waals surface area contributed by atoms with Gasteiger partial charge in [0.2, 0.25) is 0 Å². The van der Waals surface area contributed by atoms with Crippen molar-refractivity contribution in [3.63, 3.8) is 0 Å². The molecule has 0 nitrogen and oxygen atoms in total. The van der Waals surface area contributed by atoms with Crippen LogP contribution in [0.3, 0.4) is 0 Å². The highest BCUT2D eigenvalue weighted by Gasteiger charge is 2.09. The fourth-order valence-corrected chi connectivity index (χ4v) is 2.68. The molecule has 26 heavy (non-hydrogen) atoms. The molecule has 0 aliphatic heterocycles. The maximum Gasteiger partial charge on any atom is 0.159 e. The van der Waals surface area contributed by atoms with Gasteiger partial charge in [0, 0.05) is 16.7 Å². The lowest BCUT2D eigenvalue weighted by molar-refractivity contribution is 0.509. The van der Waals surface area contributed by atoms with Crippen LogP contribution in [-0.4, -0.2) is 0 Å². The summed E-state index contributed by atoms with van der Waals surface area (Å²) in [6, 6.07) is 15.8. The van der Waals surface area contributed by atoms with Crippen molar-refractivity contribution in [2.45, 2.75) is 19.8 Å². The maximum atomic E-state index is 14.3. The van der Waals surface area contributed by atoms with Crippen LogP contribution in [0.15, 0.2) is 60.7 Å². The number of aryl methyl sites for hydroxylation is 1. The molecule has 3 rings (SSSR count). The van der Waals surface area contributed by atoms with Crippen LogP contribution < -0.4 is 0 Å². The zero-order chi connectivity index (χ0) is 18.5. The van der Waals surface area contributed by atoms with Crippen LogP contribution in [0.25, 0.3) is 11.1 Å². The Bertz CT molecular complexity index is 977. The molecular formula is C23H17F3. The van der Waals surface area contributed by atoms with Gasteiger partial charge in [0.15, 0.2) is 11.6 Å². The van der Waals surface area contributed by atoms with E-state index in [0.29, 0.717) is 5.56 Å². The van der Waals surface area contributed by atoms with Gasteiger partial charge in [0.25, 0.3) is 0 Å². The van der Waals surface area contributed by atoms with E-state index < -0.39 is 17.5 Å². The van der Waals surface area contributed by atoms with Gasteiger partial charge in [-0.15, -0.1) is 0 Å². The molecule has 0 radical (unpaired) electrons. The van der Waals surface area contributed by atoms with E-state index in [1.54, 1.807) is 6.07 Å². The summed E-state index contributed by atoms with van der Waals surface area (Å²) < 4.78 is 40.7. The van der Waals surface area contributed by atoms with Crippen molar-refractivity contribution in [2.75, 3.05) is 0 Å². The summed E-state index contributed by atoms with van der Waals surface area (Å²) in [5.41, 5.74) is 3.13. The molecule has 3 aromatic rings. The van der Waals surface area contributed by atoms with Gasteiger partial charge in [-0.05, 0) is 53.9 Å². The van der Waals surface area contributed by atoms with Crippen molar-refractivity contribution in [1.29, 1.82) is 0 Å². The first-order valence-electron chi connectivity index (χ1n) is 8.43. The van der Waals surface area contributed by atoms with Gasteiger partial charge in [-0.25, -0.2) is 13.2 Å². The second-order valence-electron chi connectivity index (χ2n) is 6.02. The highest BCUT2D eigenvalue weighted by atomic mass is 19.2. The lowest BCUT2D eigenvalue weighted by Crippen LogP contribution is -1.89. The minimum absolute atomic E-state index is 0.207. The Morgan fingerprint density at radius 3 is 2.04 bits per heavy atom. The van der Waals surface area contributed by atoms with Crippen LogP contribution in [0.4, 0.5) is 13.2 Å². The lowest BCUT2D eigenvalue weighted by Gasteiger charge is -2.05. The molecule has 0 heterocycles. The quantitative estimate of drug-likeness (QED) is 0.499. The Labute approximate surface area is 151 Å². The molecule has 3 heteroatoms. The number of rotatable bonds is 3. The maximum absolute atomic E-state index is 14.3. The predicted octanol–water partition coefficient (Wildman–Crippen LogP) is 6.12. The summed E-state index contributed by atoms with van der Waals surface area (Å²) in [5, 5.41) is 0. The molecule has 0 aliphatic carbocycles. The predicted molar refractivity (Wildman–Crippen MR) is 98.2 cm³/mol. The summed E-state index contributed by atoms with van der Waals surface area (Å²) in [4.78, 5) is 0. The van der Waals surface area contributed by atoms with Gasteiger partial charge in [-0.2, -0.15) is 0 Å². The van der Waals surface area contributed by atoms with Crippen LogP contribution in [0, 0.1) is 29.3 Å². The van der Waals surface area contributed by atoms with Crippen LogP contribution in [0.2, 0.25) is 0 Å². The monoisotopic (exact) mass is 350 g/mol. The molecule has 0 saturated carbocycles. The normalized spacial score (nSPS) is 10.3. The Morgan fingerprint density at radius 1 is 0.692 bits per heavy atom. The van der Waals surface area contributed by atoms with Crippen molar-refractivity contribution in [2.24, 2.45) is 0 Å². The van der Waals surface area contributed by atoms with Crippen LogP contribution in [-0.2, 0) is 6.42 Å². The summed E-state index contributed by atoms with van der Waals surface area (Å²) in [5.74, 6) is 3.45. The third-order valence-electron chi connectivity index (χ3n) is 4.04. The zero-order valence-corrected chi connectivity index (χ0v) is 14.3. The fraction of sp³-hybridized carbons (Fsp3) is 0.130. The third kappa shape index (κ3) is 4.15. The highest BCUT2D eigenvalue weighted by Crippen LogP contribution is 2.25. The molecule has 0 aliphatic rings. The molecule has 0 spiro atoms. The lowest BCUT2D eigenvalue weighted by atomic mass is 10.0. The SMILES string of the molecule is CCCc1ccc(C#Cc2ccc(-c3ccc(F)c(F)c3)c(F)c2)cc1. The van der Waals surface area contributed by atoms with Gasteiger partial charge >= 0.3 is 0 Å². The summed E-state index contributed by atoms with van der Waals surface area (Å²) in [7, 11) is 0. The van der Waals surface area contributed by atoms with E-state index in [4.69, 9.17) is 0 Å². The summed E-state index contributed by atoms with van der Waals surface area (Å²) >= 11 is 0. The average molecular weight is 350 g/mol. The Balaban J connectivity index is 1.83. The van der Waals surface area contributed by atoms with Gasteiger partial charge in [-0.1, -0.05) is 49.5 Å². The van der Waals surface area contributed by atoms with E-state index in [1.165, 1.54) is 23.8 Å². The number of halogens is 3. The van der Waals surface area contributed by atoms with Crippen molar-refractivity contribution >= 4 is 0 Å². The first kappa shape index (κ1) is 17.8. The molecule has 0 unspecified atom stereocenters. The standard InChI is InChI=1S/C23H17F3/c1-2-3-16-4-6-17(7-5-16)8-9-18-10-12-20(22(25)14-18)19-11-13-21(24)23(26)15-19/h4-7,10-15H,2-3H2,1H3. The molecule has 0 atom stereocenters. The fourth-order valence-electron chi connectivity index (χ4n) is 2.68. The molecule has 0 fully saturated rings. The Hall–Kier alpha value is -2.99. The van der Waals surface area contributed by atoms with Crippen LogP contribution in [0.1, 0.15) is 30.0 Å². The highest BCUT2D eigenvalue weighted by molar-refractivity contribution is 5.65. The van der Waals surface area contributed by atoms with Gasteiger partial charge in [0.1, 0.15) is 5.82 Å². The van der Waals surface area contributed by atoms with E-state index >= 15 is 0 Å². The van der Waals surface area contributed by atoms with E-state index in [1.807, 2.05) is 24.3 Å². The largest absolute Gasteiger partial charge is 0.206 e. The van der Waals surface area contributed by atoms with Gasteiger partial charge in [0.05, 0.1) is 0 Å². The Kier molecular flexibility index (Phi) is 5.43. The average Bonchev–Trinajstić information content (AvgIpc) is 2.64. The number of benzene rings is 3. The van der Waals surface area contributed by atoms with E-state index in [0.717, 1.165) is 30.5 Å². The van der Waals surface area contributed by atoms with E-state index in [2.05, 4.69) is 18.8 Å². The molecular weight excluding hydrogens is 333 g/mol. The van der Waals surface area contributed by atoms with Gasteiger partial charge in [-0.3, -0.25) is 0 Å². The number of hydrogen-bond acceptors (Lipinski definition) is 0. The van der Waals surface area contributed by atoms with E-state index in [-0.39, 0.29) is 11.1 Å². The second-order valence-corrected chi connectivity index (χ2v) is 6.02. The minimum atomic E-state index is -1.00. The molecule has 0 saturated heterocycles. The van der Waals surface area contributed by atoms with Crippen LogP contribution in [0.5, 0.6) is 0 Å². The molecule has 3 aromatic carbocycles. The second kappa shape index (κ2) is 7.93. The first-order valence-corrected chi connectivity index (χ1v) is 8.43. The minimum Gasteiger partial charge on any atom is -0.206 e. The summed E-state index contributed by atoms with van der Waals surface area (Å²) in [6.07, 6.45) is 2.12. The molecule has 0 aromatic heterocycles. The van der Waals surface area contributed by atoms with Crippen molar-refractivity contribution in [3.8, 4) is 23.0 Å². The third-order valence-corrected chi connectivity index (χ3v) is 4.04. The van der Waals surface area contributed by atoms with E-state index in [9.17, 15) is 13.2 Å². The van der Waals surface area contributed by atoms with Crippen molar-refractivity contribution in [1.82, 2.24) is 0 Å². The topological polar surface area (TPSA) is 0 Å². The van der Waals surface area contributed by atoms with Crippen molar-refractivity contribution in [3.05, 3.63) is 94.8 Å². The van der Waals surface area contributed by atoms with Crippen LogP contribution >= 0.6 is 0 Å². The smallest absolute Gasteiger partial charge is 0.159 e. The van der Waals surface area contributed by atoms with Crippen molar-refractivity contribution < 1.29 is 13.2 Å². The molecule has 0 bridgehead atoms. The molecule has 130 valence electrons. The first-order chi connectivity index (χ1) is 12.6. The molecule has 0 amide bonds. The van der Waals surface area contributed by atoms with Gasteiger partial charge < -0.3 is 0 Å². The summed E-state index contributed by atoms with van der Waals surface area (Å²) in [6.45, 7) is 2.13. The molecule has 0 N–H and O–H groups in total. The zero-order valence-electron chi connectivity index (χ0n) is 14.3. The Morgan fingerprint density at radius 2 is 1.38 bits per heavy atom. The number of hydrogen-bond donors (Lipinski definition) is 0.